The van der Waals surface area contributed by atoms with Crippen LogP contribution in [0.3, 0.4) is 0 Å². The minimum absolute atomic E-state index is 0.0348. The lowest BCUT2D eigenvalue weighted by Gasteiger charge is -2.19. The number of benzene rings is 1. The minimum Gasteiger partial charge on any atom is -0.306 e. The highest BCUT2D eigenvalue weighted by Gasteiger charge is 2.15. The number of hydrogen-bond donors (Lipinski definition) is 1. The van der Waals surface area contributed by atoms with Gasteiger partial charge in [-0.1, -0.05) is 58.9 Å². The van der Waals surface area contributed by atoms with Crippen molar-refractivity contribution in [3.63, 3.8) is 0 Å². The molecule has 1 heterocycles. The molecule has 2 aromatic rings. The molecular formula is C18H24N2O. The lowest BCUT2D eigenvalue weighted by Crippen LogP contribution is -2.18. The number of aromatic amines is 1. The van der Waals surface area contributed by atoms with Gasteiger partial charge in [-0.05, 0) is 23.8 Å². The first-order chi connectivity index (χ1) is 9.70. The molecule has 1 aromatic carbocycles. The van der Waals surface area contributed by atoms with E-state index < -0.39 is 0 Å². The van der Waals surface area contributed by atoms with Gasteiger partial charge in [0.2, 0.25) is 0 Å². The van der Waals surface area contributed by atoms with Crippen LogP contribution in [0.25, 0.3) is 11.4 Å². The fourth-order valence-electron chi connectivity index (χ4n) is 2.54. The van der Waals surface area contributed by atoms with Gasteiger partial charge in [-0.2, -0.15) is 0 Å². The minimum atomic E-state index is -0.0348. The van der Waals surface area contributed by atoms with Gasteiger partial charge in [0.15, 0.2) is 0 Å². The highest BCUT2D eigenvalue weighted by molar-refractivity contribution is 5.56. The third-order valence-corrected chi connectivity index (χ3v) is 3.75. The highest BCUT2D eigenvalue weighted by atomic mass is 16.1. The molecule has 0 saturated carbocycles. The fourth-order valence-corrected chi connectivity index (χ4v) is 2.54. The first-order valence-corrected chi connectivity index (χ1v) is 7.42. The van der Waals surface area contributed by atoms with E-state index in [-0.39, 0.29) is 16.9 Å². The molecule has 0 aliphatic rings. The number of H-pyrrole nitrogens is 1. The van der Waals surface area contributed by atoms with Gasteiger partial charge in [0.25, 0.3) is 5.56 Å². The van der Waals surface area contributed by atoms with E-state index in [1.165, 1.54) is 5.56 Å². The SMILES string of the molecule is Cc1nc(-c2ccc(C(C)(C)C)cc2)[nH]c(=O)c1C(C)C. The van der Waals surface area contributed by atoms with Crippen molar-refractivity contribution in [2.75, 3.05) is 0 Å². The van der Waals surface area contributed by atoms with Gasteiger partial charge in [-0.3, -0.25) is 4.79 Å². The summed E-state index contributed by atoms with van der Waals surface area (Å²) in [5.41, 5.74) is 3.88. The molecule has 2 rings (SSSR count). The van der Waals surface area contributed by atoms with Gasteiger partial charge in [-0.15, -0.1) is 0 Å². The summed E-state index contributed by atoms with van der Waals surface area (Å²) in [6, 6.07) is 8.24. The summed E-state index contributed by atoms with van der Waals surface area (Å²) in [6.07, 6.45) is 0. The molecule has 0 aliphatic heterocycles. The van der Waals surface area contributed by atoms with E-state index in [1.54, 1.807) is 0 Å². The van der Waals surface area contributed by atoms with Crippen LogP contribution in [0.4, 0.5) is 0 Å². The van der Waals surface area contributed by atoms with Crippen LogP contribution < -0.4 is 5.56 Å². The number of aryl methyl sites for hydroxylation is 1. The molecule has 0 saturated heterocycles. The molecule has 0 fully saturated rings. The van der Waals surface area contributed by atoms with Crippen molar-refractivity contribution >= 4 is 0 Å². The number of hydrogen-bond acceptors (Lipinski definition) is 2. The van der Waals surface area contributed by atoms with Crippen molar-refractivity contribution in [2.24, 2.45) is 0 Å². The molecule has 21 heavy (non-hydrogen) atoms. The Morgan fingerprint density at radius 2 is 1.67 bits per heavy atom. The molecular weight excluding hydrogens is 260 g/mol. The third-order valence-electron chi connectivity index (χ3n) is 3.75. The van der Waals surface area contributed by atoms with Gasteiger partial charge in [-0.25, -0.2) is 4.98 Å². The summed E-state index contributed by atoms with van der Waals surface area (Å²) in [4.78, 5) is 19.7. The Labute approximate surface area is 126 Å². The zero-order valence-electron chi connectivity index (χ0n) is 13.7. The van der Waals surface area contributed by atoms with Gasteiger partial charge < -0.3 is 4.98 Å². The summed E-state index contributed by atoms with van der Waals surface area (Å²) in [5, 5.41) is 0. The van der Waals surface area contributed by atoms with Crippen LogP contribution in [0.15, 0.2) is 29.1 Å². The van der Waals surface area contributed by atoms with Gasteiger partial charge in [0.1, 0.15) is 5.82 Å². The molecule has 3 nitrogen and oxygen atoms in total. The molecule has 1 N–H and O–H groups in total. The van der Waals surface area contributed by atoms with Crippen molar-refractivity contribution < 1.29 is 0 Å². The second-order valence-corrected chi connectivity index (χ2v) is 6.90. The standard InChI is InChI=1S/C18H24N2O/c1-11(2)15-12(3)19-16(20-17(15)21)13-7-9-14(10-8-13)18(4,5)6/h7-11H,1-6H3,(H,19,20,21). The van der Waals surface area contributed by atoms with Crippen molar-refractivity contribution in [3.05, 3.63) is 51.4 Å². The quantitative estimate of drug-likeness (QED) is 0.899. The van der Waals surface area contributed by atoms with E-state index in [4.69, 9.17) is 0 Å². The first kappa shape index (κ1) is 15.5. The summed E-state index contributed by atoms with van der Waals surface area (Å²) >= 11 is 0. The number of nitrogens with zero attached hydrogens (tertiary/aromatic N) is 1. The summed E-state index contributed by atoms with van der Waals surface area (Å²) < 4.78 is 0. The van der Waals surface area contributed by atoms with Crippen LogP contribution in [0.5, 0.6) is 0 Å². The Morgan fingerprint density at radius 1 is 1.10 bits per heavy atom. The van der Waals surface area contributed by atoms with Crippen molar-refractivity contribution in [1.82, 2.24) is 9.97 Å². The van der Waals surface area contributed by atoms with Gasteiger partial charge in [0, 0.05) is 16.8 Å². The molecule has 112 valence electrons. The second-order valence-electron chi connectivity index (χ2n) is 6.90. The largest absolute Gasteiger partial charge is 0.306 e. The van der Waals surface area contributed by atoms with Crippen LogP contribution in [0, 0.1) is 6.92 Å². The lowest BCUT2D eigenvalue weighted by molar-refractivity contribution is 0.590. The van der Waals surface area contributed by atoms with Gasteiger partial charge in [0.05, 0.1) is 0 Å². The zero-order chi connectivity index (χ0) is 15.8. The van der Waals surface area contributed by atoms with Crippen LogP contribution in [-0.2, 0) is 5.41 Å². The molecule has 0 aliphatic carbocycles. The van der Waals surface area contributed by atoms with E-state index >= 15 is 0 Å². The van der Waals surface area contributed by atoms with E-state index in [1.807, 2.05) is 32.9 Å². The smallest absolute Gasteiger partial charge is 0.254 e. The monoisotopic (exact) mass is 284 g/mol. The molecule has 0 unspecified atom stereocenters. The Kier molecular flexibility index (Phi) is 4.04. The second kappa shape index (κ2) is 5.47. The van der Waals surface area contributed by atoms with Crippen LogP contribution in [-0.4, -0.2) is 9.97 Å². The fraction of sp³-hybridized carbons (Fsp3) is 0.444. The topological polar surface area (TPSA) is 45.8 Å². The molecule has 0 atom stereocenters. The van der Waals surface area contributed by atoms with E-state index in [2.05, 4.69) is 42.9 Å². The number of rotatable bonds is 2. The van der Waals surface area contributed by atoms with Crippen molar-refractivity contribution in [1.29, 1.82) is 0 Å². The molecule has 3 heteroatoms. The van der Waals surface area contributed by atoms with E-state index in [0.29, 0.717) is 5.82 Å². The van der Waals surface area contributed by atoms with E-state index in [9.17, 15) is 4.79 Å². The maximum atomic E-state index is 12.2. The lowest BCUT2D eigenvalue weighted by atomic mass is 9.86. The van der Waals surface area contributed by atoms with Crippen molar-refractivity contribution in [2.45, 2.75) is 52.9 Å². The first-order valence-electron chi connectivity index (χ1n) is 7.42. The Hall–Kier alpha value is -1.90. The number of aromatic nitrogens is 2. The zero-order valence-corrected chi connectivity index (χ0v) is 13.7. The third kappa shape index (κ3) is 3.23. The molecule has 0 spiro atoms. The molecule has 0 amide bonds. The summed E-state index contributed by atoms with van der Waals surface area (Å²) in [5.74, 6) is 0.820. The van der Waals surface area contributed by atoms with Crippen LogP contribution in [0.2, 0.25) is 0 Å². The maximum absolute atomic E-state index is 12.2. The maximum Gasteiger partial charge on any atom is 0.254 e. The predicted octanol–water partition coefficient (Wildman–Crippen LogP) is 4.17. The summed E-state index contributed by atoms with van der Waals surface area (Å²) in [6.45, 7) is 12.5. The normalized spacial score (nSPS) is 12.0. The molecule has 0 bridgehead atoms. The Balaban J connectivity index is 2.46. The van der Waals surface area contributed by atoms with Crippen molar-refractivity contribution in [3.8, 4) is 11.4 Å². The average Bonchev–Trinajstić information content (AvgIpc) is 2.36. The Morgan fingerprint density at radius 3 is 2.10 bits per heavy atom. The van der Waals surface area contributed by atoms with Crippen LogP contribution >= 0.6 is 0 Å². The predicted molar refractivity (Wildman–Crippen MR) is 87.8 cm³/mol. The average molecular weight is 284 g/mol. The van der Waals surface area contributed by atoms with Crippen LogP contribution in [0.1, 0.15) is 57.4 Å². The molecule has 0 radical (unpaired) electrons. The molecule has 1 aromatic heterocycles. The highest BCUT2D eigenvalue weighted by Crippen LogP contribution is 2.25. The Bertz CT molecular complexity index is 689. The van der Waals surface area contributed by atoms with E-state index in [0.717, 1.165) is 16.8 Å². The number of nitrogens with one attached hydrogen (secondary N) is 1. The summed E-state index contributed by atoms with van der Waals surface area (Å²) in [7, 11) is 0. The van der Waals surface area contributed by atoms with Gasteiger partial charge >= 0.3 is 0 Å².